The van der Waals surface area contributed by atoms with Crippen LogP contribution in [-0.2, 0) is 0 Å². The van der Waals surface area contributed by atoms with Gasteiger partial charge in [-0.15, -0.1) is 0 Å². The summed E-state index contributed by atoms with van der Waals surface area (Å²) < 4.78 is 27.1. The number of benzene rings is 3. The van der Waals surface area contributed by atoms with Crippen molar-refractivity contribution in [2.24, 2.45) is 11.0 Å². The van der Waals surface area contributed by atoms with Gasteiger partial charge < -0.3 is 0 Å². The fraction of sp³-hybridized carbons (Fsp3) is 0.185. The molecule has 5 rings (SSSR count). The molecule has 9 nitrogen and oxygen atoms in total. The molecule has 11 heteroatoms. The topological polar surface area (TPSA) is 119 Å². The number of hydrogen-bond donors (Lipinski definition) is 0. The van der Waals surface area contributed by atoms with E-state index < -0.39 is 39.0 Å². The Balaban J connectivity index is 1.61. The number of fused-ring (bicyclic) bond motifs is 1. The van der Waals surface area contributed by atoms with Crippen molar-refractivity contribution in [3.63, 3.8) is 0 Å². The van der Waals surface area contributed by atoms with E-state index in [4.69, 9.17) is 0 Å². The third kappa shape index (κ3) is 4.65. The fourth-order valence-electron chi connectivity index (χ4n) is 5.01. The van der Waals surface area contributed by atoms with Gasteiger partial charge in [0.2, 0.25) is 0 Å². The Morgan fingerprint density at radius 1 is 0.947 bits per heavy atom. The molecule has 192 valence electrons. The van der Waals surface area contributed by atoms with Crippen LogP contribution < -0.4 is 0 Å². The maximum Gasteiger partial charge on any atom is 0.289 e. The van der Waals surface area contributed by atoms with Crippen LogP contribution >= 0.6 is 0 Å². The molecule has 1 aliphatic carbocycles. The second kappa shape index (κ2) is 9.92. The third-order valence-electron chi connectivity index (χ3n) is 6.75. The van der Waals surface area contributed by atoms with E-state index in [1.54, 1.807) is 24.3 Å². The summed E-state index contributed by atoms with van der Waals surface area (Å²) in [7, 11) is 0. The number of nitro benzene ring substituents is 2. The minimum Gasteiger partial charge on any atom is -0.267 e. The highest BCUT2D eigenvalue weighted by atomic mass is 19.1. The molecule has 2 atom stereocenters. The number of halogens is 2. The Morgan fingerprint density at radius 2 is 1.61 bits per heavy atom. The smallest absolute Gasteiger partial charge is 0.267 e. The van der Waals surface area contributed by atoms with Crippen LogP contribution in [0.25, 0.3) is 6.08 Å². The van der Waals surface area contributed by atoms with E-state index in [1.807, 2.05) is 6.08 Å². The van der Waals surface area contributed by atoms with Gasteiger partial charge in [0.05, 0.1) is 27.7 Å². The van der Waals surface area contributed by atoms with Crippen LogP contribution in [0, 0.1) is 37.8 Å². The highest BCUT2D eigenvalue weighted by Gasteiger charge is 2.45. The van der Waals surface area contributed by atoms with Crippen LogP contribution in [0.15, 0.2) is 77.4 Å². The van der Waals surface area contributed by atoms with Crippen molar-refractivity contribution in [3.8, 4) is 0 Å². The first-order chi connectivity index (χ1) is 18.2. The van der Waals surface area contributed by atoms with E-state index in [-0.39, 0.29) is 17.3 Å². The Labute approximate surface area is 215 Å². The van der Waals surface area contributed by atoms with E-state index in [1.165, 1.54) is 24.3 Å². The molecule has 0 radical (unpaired) electrons. The molecule has 2 aliphatic rings. The maximum absolute atomic E-state index is 13.8. The van der Waals surface area contributed by atoms with Gasteiger partial charge in [-0.25, -0.2) is 13.8 Å². The number of non-ortho nitro benzene ring substituents is 1. The molecular weight excluding hydrogens is 498 g/mol. The second-order valence-electron chi connectivity index (χ2n) is 9.07. The Kier molecular flexibility index (Phi) is 6.50. The van der Waals surface area contributed by atoms with Crippen LogP contribution in [0.4, 0.5) is 20.2 Å². The number of amides is 1. The lowest BCUT2D eigenvalue weighted by Gasteiger charge is -2.29. The van der Waals surface area contributed by atoms with Gasteiger partial charge in [-0.05, 0) is 72.4 Å². The number of nitro groups is 2. The number of hydrogen-bond acceptors (Lipinski definition) is 6. The highest BCUT2D eigenvalue weighted by molar-refractivity contribution is 6.09. The summed E-state index contributed by atoms with van der Waals surface area (Å²) in [5.74, 6) is -1.91. The SMILES string of the molecule is O=C(c1ccc([N+](=O)[O-])cc1[N+](=O)[O-])N1N=C2/C(=C\c3ccc(F)cc3)CCCC2C1c1ccc(F)cc1. The zero-order valence-corrected chi connectivity index (χ0v) is 19.8. The van der Waals surface area contributed by atoms with Crippen LogP contribution in [-0.4, -0.2) is 26.5 Å². The van der Waals surface area contributed by atoms with E-state index in [2.05, 4.69) is 5.10 Å². The summed E-state index contributed by atoms with van der Waals surface area (Å²) >= 11 is 0. The summed E-state index contributed by atoms with van der Waals surface area (Å²) in [6.07, 6.45) is 3.96. The zero-order chi connectivity index (χ0) is 27.0. The van der Waals surface area contributed by atoms with Crippen molar-refractivity contribution < 1.29 is 23.4 Å². The number of carbonyl (C=O) groups excluding carboxylic acids is 1. The Hall–Kier alpha value is -4.80. The van der Waals surface area contributed by atoms with E-state index in [0.29, 0.717) is 24.1 Å². The lowest BCUT2D eigenvalue weighted by atomic mass is 9.77. The summed E-state index contributed by atoms with van der Waals surface area (Å²) in [6.45, 7) is 0. The molecule has 0 saturated heterocycles. The quantitative estimate of drug-likeness (QED) is 0.293. The van der Waals surface area contributed by atoms with Gasteiger partial charge in [-0.3, -0.25) is 25.0 Å². The van der Waals surface area contributed by atoms with Crippen LogP contribution in [0.2, 0.25) is 0 Å². The standard InChI is InChI=1S/C27H20F2N4O5/c28-19-8-4-16(5-9-19)14-18-2-1-3-23-25(18)30-31(26(23)17-6-10-20(29)11-7-17)27(34)22-13-12-21(32(35)36)15-24(22)33(37)38/h4-15,23,26H,1-3H2/b18-14-. The number of nitrogens with zero attached hydrogens (tertiary/aromatic N) is 4. The average Bonchev–Trinajstić information content (AvgIpc) is 3.30. The van der Waals surface area contributed by atoms with Crippen molar-refractivity contribution in [2.75, 3.05) is 0 Å². The average molecular weight is 518 g/mol. The lowest BCUT2D eigenvalue weighted by molar-refractivity contribution is -0.394. The number of allylic oxidation sites excluding steroid dienone is 1. The van der Waals surface area contributed by atoms with Crippen molar-refractivity contribution >= 4 is 29.1 Å². The largest absolute Gasteiger partial charge is 0.289 e. The third-order valence-corrected chi connectivity index (χ3v) is 6.75. The predicted octanol–water partition coefficient (Wildman–Crippen LogP) is 6.22. The first-order valence-corrected chi connectivity index (χ1v) is 11.8. The molecule has 3 aromatic rings. The minimum absolute atomic E-state index is 0.276. The van der Waals surface area contributed by atoms with E-state index in [9.17, 15) is 33.8 Å². The van der Waals surface area contributed by atoms with Gasteiger partial charge in [0.25, 0.3) is 17.3 Å². The first kappa shape index (κ1) is 24.9. The van der Waals surface area contributed by atoms with Crippen molar-refractivity contribution in [1.82, 2.24) is 5.01 Å². The minimum atomic E-state index is -0.844. The summed E-state index contributed by atoms with van der Waals surface area (Å²) in [4.78, 5) is 35.0. The first-order valence-electron chi connectivity index (χ1n) is 11.8. The molecule has 1 saturated carbocycles. The number of hydrazone groups is 1. The monoisotopic (exact) mass is 518 g/mol. The second-order valence-corrected chi connectivity index (χ2v) is 9.07. The van der Waals surface area contributed by atoms with Gasteiger partial charge in [-0.1, -0.05) is 24.3 Å². The molecule has 3 aromatic carbocycles. The Morgan fingerprint density at radius 3 is 2.24 bits per heavy atom. The van der Waals surface area contributed by atoms with E-state index >= 15 is 0 Å². The Bertz CT molecular complexity index is 1500. The molecule has 0 N–H and O–H groups in total. The molecule has 2 unspecified atom stereocenters. The van der Waals surface area contributed by atoms with Crippen LogP contribution in [0.5, 0.6) is 0 Å². The zero-order valence-electron chi connectivity index (χ0n) is 19.8. The van der Waals surface area contributed by atoms with Crippen molar-refractivity contribution in [3.05, 3.63) is 121 Å². The van der Waals surface area contributed by atoms with Crippen LogP contribution in [0.3, 0.4) is 0 Å². The summed E-state index contributed by atoms with van der Waals surface area (Å²) in [6, 6.07) is 13.7. The van der Waals surface area contributed by atoms with Crippen LogP contribution in [0.1, 0.15) is 46.8 Å². The molecular formula is C27H20F2N4O5. The number of rotatable bonds is 5. The van der Waals surface area contributed by atoms with Crippen molar-refractivity contribution in [1.29, 1.82) is 0 Å². The molecule has 1 amide bonds. The molecule has 0 bridgehead atoms. The maximum atomic E-state index is 13.8. The van der Waals surface area contributed by atoms with E-state index in [0.717, 1.165) is 40.8 Å². The molecule has 1 heterocycles. The van der Waals surface area contributed by atoms with Gasteiger partial charge in [-0.2, -0.15) is 5.10 Å². The fourth-order valence-corrected chi connectivity index (χ4v) is 5.01. The molecule has 0 aromatic heterocycles. The molecule has 38 heavy (non-hydrogen) atoms. The highest BCUT2D eigenvalue weighted by Crippen LogP contribution is 2.45. The normalized spacial score (nSPS) is 19.7. The predicted molar refractivity (Wildman–Crippen MR) is 134 cm³/mol. The lowest BCUT2D eigenvalue weighted by Crippen LogP contribution is -2.32. The molecule has 1 aliphatic heterocycles. The van der Waals surface area contributed by atoms with Crippen molar-refractivity contribution in [2.45, 2.75) is 25.3 Å². The number of carbonyl (C=O) groups is 1. The molecule has 0 spiro atoms. The molecule has 1 fully saturated rings. The van der Waals surface area contributed by atoms with Gasteiger partial charge >= 0.3 is 0 Å². The summed E-state index contributed by atoms with van der Waals surface area (Å²) in [5, 5.41) is 28.7. The summed E-state index contributed by atoms with van der Waals surface area (Å²) in [5.41, 5.74) is 1.23. The van der Waals surface area contributed by atoms with Gasteiger partial charge in [0.15, 0.2) is 0 Å². The van der Waals surface area contributed by atoms with Gasteiger partial charge in [0.1, 0.15) is 17.2 Å². The van der Waals surface area contributed by atoms with Gasteiger partial charge in [0, 0.05) is 12.0 Å².